The van der Waals surface area contributed by atoms with Gasteiger partial charge in [0.15, 0.2) is 0 Å². The highest BCUT2D eigenvalue weighted by Gasteiger charge is 2.18. The van der Waals surface area contributed by atoms with Gasteiger partial charge in [0.2, 0.25) is 5.91 Å². The first-order valence-corrected chi connectivity index (χ1v) is 8.05. The molecule has 0 aromatic heterocycles. The summed E-state index contributed by atoms with van der Waals surface area (Å²) in [6.45, 7) is 8.22. The Bertz CT molecular complexity index is 677. The van der Waals surface area contributed by atoms with E-state index in [1.165, 1.54) is 16.7 Å². The van der Waals surface area contributed by atoms with E-state index >= 15 is 0 Å². The summed E-state index contributed by atoms with van der Waals surface area (Å²) in [4.78, 5) is 12.3. The monoisotopic (exact) mass is 310 g/mol. The highest BCUT2D eigenvalue weighted by Crippen LogP contribution is 2.14. The number of nitrogens with two attached hydrogens (primary N) is 1. The molecular weight excluding hydrogens is 284 g/mol. The second kappa shape index (κ2) is 7.42. The molecule has 2 aromatic carbocycles. The van der Waals surface area contributed by atoms with Crippen LogP contribution in [0.5, 0.6) is 0 Å². The maximum absolute atomic E-state index is 12.3. The summed E-state index contributed by atoms with van der Waals surface area (Å²) in [6.07, 6.45) is 0.804. The number of hydrogen-bond acceptors (Lipinski definition) is 2. The third kappa shape index (κ3) is 4.67. The average Bonchev–Trinajstić information content (AvgIpc) is 2.50. The molecule has 2 aromatic rings. The van der Waals surface area contributed by atoms with Crippen LogP contribution in [-0.4, -0.2) is 11.9 Å². The van der Waals surface area contributed by atoms with Crippen LogP contribution in [0.4, 0.5) is 0 Å². The lowest BCUT2D eigenvalue weighted by atomic mass is 9.99. The van der Waals surface area contributed by atoms with E-state index < -0.39 is 6.04 Å². The zero-order valence-electron chi connectivity index (χ0n) is 14.4. The third-order valence-corrected chi connectivity index (χ3v) is 4.13. The number of rotatable bonds is 5. The molecule has 23 heavy (non-hydrogen) atoms. The van der Waals surface area contributed by atoms with E-state index in [1.807, 2.05) is 38.1 Å². The highest BCUT2D eigenvalue weighted by atomic mass is 16.2. The Kier molecular flexibility index (Phi) is 5.56. The molecule has 2 atom stereocenters. The SMILES string of the molecule is Cc1ccc(C(N)C(=O)NC(C)Cc2ccc(C)cc2C)cc1. The van der Waals surface area contributed by atoms with E-state index in [0.717, 1.165) is 17.5 Å². The molecule has 0 spiro atoms. The van der Waals surface area contributed by atoms with Gasteiger partial charge in [-0.3, -0.25) is 4.79 Å². The molecule has 0 saturated carbocycles. The summed E-state index contributed by atoms with van der Waals surface area (Å²) in [5.41, 5.74) is 11.8. The van der Waals surface area contributed by atoms with Crippen LogP contribution in [-0.2, 0) is 11.2 Å². The van der Waals surface area contributed by atoms with Gasteiger partial charge >= 0.3 is 0 Å². The molecule has 0 radical (unpaired) electrons. The first-order valence-electron chi connectivity index (χ1n) is 8.05. The van der Waals surface area contributed by atoms with Gasteiger partial charge in [0.05, 0.1) is 0 Å². The van der Waals surface area contributed by atoms with E-state index in [9.17, 15) is 4.79 Å². The fourth-order valence-corrected chi connectivity index (χ4v) is 2.71. The van der Waals surface area contributed by atoms with Crippen molar-refractivity contribution in [3.63, 3.8) is 0 Å². The van der Waals surface area contributed by atoms with Crippen molar-refractivity contribution in [2.24, 2.45) is 5.73 Å². The van der Waals surface area contributed by atoms with Gasteiger partial charge < -0.3 is 11.1 Å². The van der Waals surface area contributed by atoms with Crippen molar-refractivity contribution in [2.45, 2.75) is 46.2 Å². The molecule has 0 saturated heterocycles. The van der Waals surface area contributed by atoms with Crippen molar-refractivity contribution in [1.82, 2.24) is 5.32 Å². The minimum absolute atomic E-state index is 0.0420. The molecule has 0 heterocycles. The predicted octanol–water partition coefficient (Wildman–Crippen LogP) is 3.36. The molecule has 0 aliphatic carbocycles. The summed E-state index contributed by atoms with van der Waals surface area (Å²) >= 11 is 0. The number of nitrogens with one attached hydrogen (secondary N) is 1. The number of carbonyl (C=O) groups is 1. The van der Waals surface area contributed by atoms with Crippen molar-refractivity contribution in [2.75, 3.05) is 0 Å². The van der Waals surface area contributed by atoms with Gasteiger partial charge in [-0.05, 0) is 50.8 Å². The molecule has 0 aliphatic rings. The molecule has 0 aliphatic heterocycles. The standard InChI is InChI=1S/C20H26N2O/c1-13-5-8-17(9-6-13)19(21)20(23)22-16(4)12-18-10-7-14(2)11-15(18)3/h5-11,16,19H,12,21H2,1-4H3,(H,22,23). The number of hydrogen-bond donors (Lipinski definition) is 2. The number of benzene rings is 2. The molecule has 3 N–H and O–H groups in total. The van der Waals surface area contributed by atoms with E-state index in [-0.39, 0.29) is 11.9 Å². The molecule has 1 amide bonds. The quantitative estimate of drug-likeness (QED) is 0.889. The normalized spacial score (nSPS) is 13.4. The van der Waals surface area contributed by atoms with E-state index in [4.69, 9.17) is 5.73 Å². The molecule has 3 heteroatoms. The second-order valence-corrected chi connectivity index (χ2v) is 6.43. The van der Waals surface area contributed by atoms with Gasteiger partial charge in [0, 0.05) is 6.04 Å². The Morgan fingerprint density at radius 2 is 1.65 bits per heavy atom. The van der Waals surface area contributed by atoms with Gasteiger partial charge in [0.1, 0.15) is 6.04 Å². The van der Waals surface area contributed by atoms with Gasteiger partial charge in [0.25, 0.3) is 0 Å². The first-order chi connectivity index (χ1) is 10.9. The fourth-order valence-electron chi connectivity index (χ4n) is 2.71. The van der Waals surface area contributed by atoms with Crippen molar-refractivity contribution in [1.29, 1.82) is 0 Å². The van der Waals surface area contributed by atoms with Crippen LogP contribution in [0.25, 0.3) is 0 Å². The van der Waals surface area contributed by atoms with Crippen LogP contribution >= 0.6 is 0 Å². The van der Waals surface area contributed by atoms with Crippen molar-refractivity contribution in [3.8, 4) is 0 Å². The second-order valence-electron chi connectivity index (χ2n) is 6.43. The lowest BCUT2D eigenvalue weighted by Crippen LogP contribution is -2.40. The maximum atomic E-state index is 12.3. The number of aryl methyl sites for hydroxylation is 3. The van der Waals surface area contributed by atoms with Gasteiger partial charge in [-0.25, -0.2) is 0 Å². The average molecular weight is 310 g/mol. The van der Waals surface area contributed by atoms with Crippen molar-refractivity contribution >= 4 is 5.91 Å². The van der Waals surface area contributed by atoms with E-state index in [0.29, 0.717) is 0 Å². The predicted molar refractivity (Wildman–Crippen MR) is 95.3 cm³/mol. The Hall–Kier alpha value is -2.13. The summed E-state index contributed by atoms with van der Waals surface area (Å²) < 4.78 is 0. The molecule has 2 unspecified atom stereocenters. The summed E-state index contributed by atoms with van der Waals surface area (Å²) in [7, 11) is 0. The molecule has 0 bridgehead atoms. The maximum Gasteiger partial charge on any atom is 0.241 e. The Labute approximate surface area is 138 Å². The van der Waals surface area contributed by atoms with Crippen LogP contribution in [0, 0.1) is 20.8 Å². The number of carbonyl (C=O) groups excluding carboxylic acids is 1. The van der Waals surface area contributed by atoms with Crippen LogP contribution in [0.2, 0.25) is 0 Å². The lowest BCUT2D eigenvalue weighted by molar-refractivity contribution is -0.123. The van der Waals surface area contributed by atoms with Gasteiger partial charge in [-0.15, -0.1) is 0 Å². The Morgan fingerprint density at radius 3 is 2.26 bits per heavy atom. The summed E-state index contributed by atoms with van der Waals surface area (Å²) in [5, 5.41) is 3.02. The van der Waals surface area contributed by atoms with E-state index in [2.05, 4.69) is 37.4 Å². The third-order valence-electron chi connectivity index (χ3n) is 4.13. The zero-order chi connectivity index (χ0) is 17.0. The van der Waals surface area contributed by atoms with Crippen LogP contribution in [0.1, 0.15) is 40.8 Å². The van der Waals surface area contributed by atoms with Crippen molar-refractivity contribution < 1.29 is 4.79 Å². The topological polar surface area (TPSA) is 55.1 Å². The smallest absolute Gasteiger partial charge is 0.241 e. The highest BCUT2D eigenvalue weighted by molar-refractivity contribution is 5.83. The molecule has 2 rings (SSSR count). The van der Waals surface area contributed by atoms with Gasteiger partial charge in [-0.2, -0.15) is 0 Å². The minimum atomic E-state index is -0.628. The summed E-state index contributed by atoms with van der Waals surface area (Å²) in [5.74, 6) is -0.133. The number of amides is 1. The van der Waals surface area contributed by atoms with Crippen LogP contribution < -0.4 is 11.1 Å². The fraction of sp³-hybridized carbons (Fsp3) is 0.350. The van der Waals surface area contributed by atoms with Gasteiger partial charge in [-0.1, -0.05) is 53.6 Å². The Morgan fingerprint density at radius 1 is 1.04 bits per heavy atom. The zero-order valence-corrected chi connectivity index (χ0v) is 14.4. The van der Waals surface area contributed by atoms with Crippen LogP contribution in [0.15, 0.2) is 42.5 Å². The largest absolute Gasteiger partial charge is 0.352 e. The lowest BCUT2D eigenvalue weighted by Gasteiger charge is -2.19. The Balaban J connectivity index is 1.97. The minimum Gasteiger partial charge on any atom is -0.352 e. The van der Waals surface area contributed by atoms with Crippen molar-refractivity contribution in [3.05, 3.63) is 70.3 Å². The molecule has 122 valence electrons. The molecular formula is C20H26N2O. The van der Waals surface area contributed by atoms with Crippen LogP contribution in [0.3, 0.4) is 0 Å². The first kappa shape index (κ1) is 17.2. The summed E-state index contributed by atoms with van der Waals surface area (Å²) in [6, 6.07) is 13.6. The molecule has 3 nitrogen and oxygen atoms in total. The van der Waals surface area contributed by atoms with E-state index in [1.54, 1.807) is 0 Å². The molecule has 0 fully saturated rings.